The second kappa shape index (κ2) is 9.66. The van der Waals surface area contributed by atoms with E-state index in [0.29, 0.717) is 19.0 Å². The van der Waals surface area contributed by atoms with Crippen molar-refractivity contribution in [2.45, 2.75) is 12.8 Å². The highest BCUT2D eigenvalue weighted by atomic mass is 79.9. The highest BCUT2D eigenvalue weighted by Gasteiger charge is 1.96. The quantitative estimate of drug-likeness (QED) is 0.266. The van der Waals surface area contributed by atoms with Crippen molar-refractivity contribution in [1.29, 1.82) is 0 Å². The predicted molar refractivity (Wildman–Crippen MR) is 96.0 cm³/mol. The van der Waals surface area contributed by atoms with Crippen LogP contribution in [0.4, 0.5) is 0 Å². The Balaban J connectivity index is 1.79. The first-order chi connectivity index (χ1) is 11.3. The van der Waals surface area contributed by atoms with Gasteiger partial charge in [-0.2, -0.15) is 0 Å². The number of hydrogen-bond acceptors (Lipinski definition) is 3. The maximum atomic E-state index is 8.16. The molecule has 0 N–H and O–H groups in total. The molecule has 0 amide bonds. The number of pyridine rings is 1. The zero-order valence-corrected chi connectivity index (χ0v) is 14.2. The summed E-state index contributed by atoms with van der Waals surface area (Å²) in [6, 6.07) is 11.9. The van der Waals surface area contributed by atoms with Crippen LogP contribution in [0.5, 0.6) is 5.88 Å². The lowest BCUT2D eigenvalue weighted by Gasteiger charge is -2.04. The Hall–Kier alpha value is -2.30. The molecule has 2 aromatic rings. The van der Waals surface area contributed by atoms with E-state index in [1.54, 1.807) is 6.20 Å². The lowest BCUT2D eigenvalue weighted by atomic mass is 10.2. The van der Waals surface area contributed by atoms with Crippen LogP contribution in [0.2, 0.25) is 0 Å². The largest absolute Gasteiger partial charge is 0.478 e. The van der Waals surface area contributed by atoms with Gasteiger partial charge in [-0.15, -0.1) is 0 Å². The monoisotopic (exact) mass is 372 g/mol. The molecule has 0 fully saturated rings. The second-order valence-corrected chi connectivity index (χ2v) is 5.74. The Morgan fingerprint density at radius 3 is 2.52 bits per heavy atom. The van der Waals surface area contributed by atoms with Crippen LogP contribution in [-0.4, -0.2) is 18.1 Å². The molecular weight excluding hydrogens is 356 g/mol. The SMILES string of the molecule is [N-]=[N+]=NCCCCOc1ccc(/C=C/c2ccc(Br)cc2)cn1. The Morgan fingerprint density at radius 2 is 1.83 bits per heavy atom. The molecule has 0 atom stereocenters. The van der Waals surface area contributed by atoms with Crippen LogP contribution in [0, 0.1) is 0 Å². The molecule has 0 saturated carbocycles. The van der Waals surface area contributed by atoms with Gasteiger partial charge in [0.15, 0.2) is 0 Å². The molecular formula is C17H17BrN4O. The van der Waals surface area contributed by atoms with Crippen molar-refractivity contribution < 1.29 is 4.74 Å². The summed E-state index contributed by atoms with van der Waals surface area (Å²) in [5.74, 6) is 0.606. The summed E-state index contributed by atoms with van der Waals surface area (Å²) in [4.78, 5) is 6.98. The molecule has 118 valence electrons. The Morgan fingerprint density at radius 1 is 1.09 bits per heavy atom. The van der Waals surface area contributed by atoms with Crippen LogP contribution >= 0.6 is 15.9 Å². The zero-order chi connectivity index (χ0) is 16.3. The van der Waals surface area contributed by atoms with Crippen LogP contribution in [0.25, 0.3) is 22.6 Å². The summed E-state index contributed by atoms with van der Waals surface area (Å²) in [7, 11) is 0. The number of aromatic nitrogens is 1. The molecule has 1 aromatic heterocycles. The molecule has 0 aliphatic carbocycles. The van der Waals surface area contributed by atoms with Crippen LogP contribution < -0.4 is 4.74 Å². The number of hydrogen-bond donors (Lipinski definition) is 0. The van der Waals surface area contributed by atoms with Crippen LogP contribution in [0.15, 0.2) is 52.2 Å². The molecule has 1 aromatic carbocycles. The first-order valence-corrected chi connectivity index (χ1v) is 8.10. The van der Waals surface area contributed by atoms with E-state index in [0.717, 1.165) is 28.4 Å². The third kappa shape index (κ3) is 6.55. The van der Waals surface area contributed by atoms with Crippen molar-refractivity contribution in [1.82, 2.24) is 4.98 Å². The van der Waals surface area contributed by atoms with Gasteiger partial charge < -0.3 is 4.74 Å². The molecule has 0 spiro atoms. The summed E-state index contributed by atoms with van der Waals surface area (Å²) in [6.45, 7) is 1.08. The van der Waals surface area contributed by atoms with Crippen molar-refractivity contribution in [3.63, 3.8) is 0 Å². The smallest absolute Gasteiger partial charge is 0.213 e. The number of benzene rings is 1. The van der Waals surface area contributed by atoms with E-state index in [2.05, 4.69) is 30.9 Å². The number of azide groups is 1. The molecule has 6 heteroatoms. The fourth-order valence-corrected chi connectivity index (χ4v) is 2.11. The van der Waals surface area contributed by atoms with Crippen molar-refractivity contribution in [3.05, 3.63) is 68.6 Å². The van der Waals surface area contributed by atoms with Gasteiger partial charge in [0.1, 0.15) is 0 Å². The molecule has 2 rings (SSSR count). The first kappa shape index (κ1) is 17.1. The normalized spacial score (nSPS) is 10.5. The summed E-state index contributed by atoms with van der Waals surface area (Å²) in [5, 5.41) is 3.48. The van der Waals surface area contributed by atoms with E-state index >= 15 is 0 Å². The fourth-order valence-electron chi connectivity index (χ4n) is 1.85. The van der Waals surface area contributed by atoms with E-state index in [9.17, 15) is 0 Å². The Kier molecular flexibility index (Phi) is 7.17. The van der Waals surface area contributed by atoms with Crippen LogP contribution in [-0.2, 0) is 0 Å². The minimum absolute atomic E-state index is 0.507. The average molecular weight is 373 g/mol. The third-order valence-corrected chi connectivity index (χ3v) is 3.59. The van der Waals surface area contributed by atoms with Gasteiger partial charge >= 0.3 is 0 Å². The number of ether oxygens (including phenoxy) is 1. The van der Waals surface area contributed by atoms with Gasteiger partial charge in [-0.05, 0) is 47.7 Å². The van der Waals surface area contributed by atoms with Crippen molar-refractivity contribution in [2.24, 2.45) is 5.11 Å². The van der Waals surface area contributed by atoms with E-state index in [1.807, 2.05) is 48.6 Å². The standard InChI is InChI=1S/C17H17BrN4O/c18-16-8-5-14(6-9-16)3-4-15-7-10-17(20-13-15)23-12-2-1-11-21-22-19/h3-10,13H,1-2,11-12H2/b4-3+. The lowest BCUT2D eigenvalue weighted by molar-refractivity contribution is 0.296. The van der Waals surface area contributed by atoms with Gasteiger partial charge in [0.25, 0.3) is 0 Å². The van der Waals surface area contributed by atoms with Gasteiger partial charge in [-0.25, -0.2) is 4.98 Å². The molecule has 5 nitrogen and oxygen atoms in total. The maximum absolute atomic E-state index is 8.16. The van der Waals surface area contributed by atoms with Gasteiger partial charge in [-0.3, -0.25) is 0 Å². The first-order valence-electron chi connectivity index (χ1n) is 7.31. The topological polar surface area (TPSA) is 70.9 Å². The van der Waals surface area contributed by atoms with Gasteiger partial charge in [-0.1, -0.05) is 45.3 Å². The Bertz CT molecular complexity index is 677. The number of nitrogens with zero attached hydrogens (tertiary/aromatic N) is 4. The summed E-state index contributed by atoms with van der Waals surface area (Å²) in [5.41, 5.74) is 10.3. The summed E-state index contributed by atoms with van der Waals surface area (Å²) in [6.07, 6.45) is 7.49. The van der Waals surface area contributed by atoms with Crippen molar-refractivity contribution >= 4 is 28.1 Å². The molecule has 0 unspecified atom stereocenters. The minimum Gasteiger partial charge on any atom is -0.478 e. The van der Waals surface area contributed by atoms with Crippen LogP contribution in [0.1, 0.15) is 24.0 Å². The molecule has 0 bridgehead atoms. The third-order valence-electron chi connectivity index (χ3n) is 3.06. The van der Waals surface area contributed by atoms with Crippen molar-refractivity contribution in [2.75, 3.05) is 13.2 Å². The highest BCUT2D eigenvalue weighted by Crippen LogP contribution is 2.14. The highest BCUT2D eigenvalue weighted by molar-refractivity contribution is 9.10. The molecule has 0 radical (unpaired) electrons. The molecule has 23 heavy (non-hydrogen) atoms. The van der Waals surface area contributed by atoms with E-state index in [-0.39, 0.29) is 0 Å². The Labute approximate surface area is 143 Å². The number of halogens is 1. The molecule has 0 saturated heterocycles. The summed E-state index contributed by atoms with van der Waals surface area (Å²) >= 11 is 3.42. The van der Waals surface area contributed by atoms with Crippen LogP contribution in [0.3, 0.4) is 0 Å². The lowest BCUT2D eigenvalue weighted by Crippen LogP contribution is -1.99. The van der Waals surface area contributed by atoms with E-state index in [4.69, 9.17) is 10.3 Å². The minimum atomic E-state index is 0.507. The molecule has 0 aliphatic heterocycles. The average Bonchev–Trinajstić information content (AvgIpc) is 2.58. The second-order valence-electron chi connectivity index (χ2n) is 4.82. The van der Waals surface area contributed by atoms with Gasteiger partial charge in [0.2, 0.25) is 5.88 Å². The maximum Gasteiger partial charge on any atom is 0.213 e. The predicted octanol–water partition coefficient (Wildman–Crippen LogP) is 5.48. The van der Waals surface area contributed by atoms with Gasteiger partial charge in [0, 0.05) is 28.2 Å². The van der Waals surface area contributed by atoms with Gasteiger partial charge in [0.05, 0.1) is 6.61 Å². The van der Waals surface area contributed by atoms with Crippen molar-refractivity contribution in [3.8, 4) is 5.88 Å². The molecule has 1 heterocycles. The summed E-state index contributed by atoms with van der Waals surface area (Å²) < 4.78 is 6.61. The van der Waals surface area contributed by atoms with E-state index in [1.165, 1.54) is 0 Å². The fraction of sp³-hybridized carbons (Fsp3) is 0.235. The van der Waals surface area contributed by atoms with E-state index < -0.39 is 0 Å². The number of rotatable bonds is 8. The number of unbranched alkanes of at least 4 members (excludes halogenated alkanes) is 1. The molecule has 0 aliphatic rings. The zero-order valence-electron chi connectivity index (χ0n) is 12.6.